The molecular formula is C17H23N5O2. The van der Waals surface area contributed by atoms with E-state index in [-0.39, 0.29) is 17.9 Å². The molecule has 3 heterocycles. The Hall–Kier alpha value is -2.44. The number of piperidine rings is 1. The van der Waals surface area contributed by atoms with Gasteiger partial charge < -0.3 is 15.2 Å². The number of pyridine rings is 1. The topological polar surface area (TPSA) is 98.1 Å². The molecule has 0 aromatic carbocycles. The Morgan fingerprint density at radius 3 is 2.88 bits per heavy atom. The first-order chi connectivity index (χ1) is 11.5. The number of amides is 1. The van der Waals surface area contributed by atoms with Gasteiger partial charge >= 0.3 is 0 Å². The fraction of sp³-hybridized carbons (Fsp3) is 0.529. The summed E-state index contributed by atoms with van der Waals surface area (Å²) in [5.74, 6) is 1.97. The molecule has 0 spiro atoms. The number of nitrogens with zero attached hydrogens (tertiary/aromatic N) is 4. The van der Waals surface area contributed by atoms with Crippen molar-refractivity contribution >= 4 is 11.7 Å². The summed E-state index contributed by atoms with van der Waals surface area (Å²) in [5.41, 5.74) is 6.17. The van der Waals surface area contributed by atoms with Crippen molar-refractivity contribution in [2.24, 2.45) is 5.73 Å². The Balaban J connectivity index is 1.78. The third kappa shape index (κ3) is 3.55. The SMILES string of the molecule is CC(C)c1noc(-c2ccc(N3CCCC[C@H]3CC(N)=O)nc2)n1. The first kappa shape index (κ1) is 16.4. The summed E-state index contributed by atoms with van der Waals surface area (Å²) in [7, 11) is 0. The van der Waals surface area contributed by atoms with Gasteiger partial charge in [-0.05, 0) is 31.4 Å². The van der Waals surface area contributed by atoms with Crippen molar-refractivity contribution in [2.45, 2.75) is 51.5 Å². The summed E-state index contributed by atoms with van der Waals surface area (Å²) in [4.78, 5) is 22.4. The highest BCUT2D eigenvalue weighted by Gasteiger charge is 2.25. The number of carbonyl (C=O) groups is 1. The molecule has 2 aromatic rings. The van der Waals surface area contributed by atoms with Gasteiger partial charge in [-0.15, -0.1) is 0 Å². The third-order valence-corrected chi connectivity index (χ3v) is 4.31. The van der Waals surface area contributed by atoms with Crippen LogP contribution in [-0.2, 0) is 4.79 Å². The van der Waals surface area contributed by atoms with Crippen LogP contribution in [0, 0.1) is 0 Å². The van der Waals surface area contributed by atoms with E-state index in [0.29, 0.717) is 18.1 Å². The number of hydrogen-bond donors (Lipinski definition) is 1. The van der Waals surface area contributed by atoms with Gasteiger partial charge in [-0.2, -0.15) is 4.98 Å². The maximum absolute atomic E-state index is 11.3. The Labute approximate surface area is 141 Å². The van der Waals surface area contributed by atoms with Crippen LogP contribution >= 0.6 is 0 Å². The number of nitrogens with two attached hydrogens (primary N) is 1. The molecule has 1 atom stereocenters. The Morgan fingerprint density at radius 1 is 1.42 bits per heavy atom. The molecule has 0 unspecified atom stereocenters. The molecule has 3 rings (SSSR count). The van der Waals surface area contributed by atoms with Gasteiger partial charge in [-0.1, -0.05) is 19.0 Å². The van der Waals surface area contributed by atoms with Crippen LogP contribution in [0.1, 0.15) is 51.3 Å². The van der Waals surface area contributed by atoms with Crippen molar-refractivity contribution in [2.75, 3.05) is 11.4 Å². The maximum atomic E-state index is 11.3. The highest BCUT2D eigenvalue weighted by molar-refractivity contribution is 5.75. The van der Waals surface area contributed by atoms with E-state index in [4.69, 9.17) is 10.3 Å². The van der Waals surface area contributed by atoms with Crippen LogP contribution in [0.25, 0.3) is 11.5 Å². The lowest BCUT2D eigenvalue weighted by Crippen LogP contribution is -2.42. The molecule has 1 aliphatic heterocycles. The molecule has 0 bridgehead atoms. The van der Waals surface area contributed by atoms with Crippen molar-refractivity contribution in [3.05, 3.63) is 24.2 Å². The average Bonchev–Trinajstić information content (AvgIpc) is 3.05. The second kappa shape index (κ2) is 6.98. The van der Waals surface area contributed by atoms with Gasteiger partial charge in [0.1, 0.15) is 5.82 Å². The minimum atomic E-state index is -0.268. The van der Waals surface area contributed by atoms with Crippen LogP contribution in [0.2, 0.25) is 0 Å². The van der Waals surface area contributed by atoms with E-state index in [1.807, 2.05) is 26.0 Å². The lowest BCUT2D eigenvalue weighted by atomic mass is 9.99. The van der Waals surface area contributed by atoms with Crippen LogP contribution in [-0.4, -0.2) is 33.6 Å². The standard InChI is InChI=1S/C17H23N5O2/c1-11(2)16-20-17(24-21-16)12-6-7-15(19-10-12)22-8-4-3-5-13(22)9-14(18)23/h6-7,10-11,13H,3-5,8-9H2,1-2H3,(H2,18,23)/t13-/m0/s1. The Morgan fingerprint density at radius 2 is 2.25 bits per heavy atom. The Bertz CT molecular complexity index is 695. The molecule has 1 fully saturated rings. The number of hydrogen-bond acceptors (Lipinski definition) is 6. The van der Waals surface area contributed by atoms with Crippen molar-refractivity contribution < 1.29 is 9.32 Å². The second-order valence-corrected chi connectivity index (χ2v) is 6.53. The summed E-state index contributed by atoms with van der Waals surface area (Å²) >= 11 is 0. The van der Waals surface area contributed by atoms with E-state index in [1.54, 1.807) is 6.20 Å². The van der Waals surface area contributed by atoms with Gasteiger partial charge in [0.05, 0.1) is 5.56 Å². The molecule has 0 aliphatic carbocycles. The molecular weight excluding hydrogens is 306 g/mol. The third-order valence-electron chi connectivity index (χ3n) is 4.31. The highest BCUT2D eigenvalue weighted by Crippen LogP contribution is 2.27. The molecule has 1 amide bonds. The summed E-state index contributed by atoms with van der Waals surface area (Å²) in [6.07, 6.45) is 5.29. The zero-order valence-electron chi connectivity index (χ0n) is 14.1. The van der Waals surface area contributed by atoms with Gasteiger partial charge in [0, 0.05) is 31.1 Å². The number of carbonyl (C=O) groups excluding carboxylic acids is 1. The minimum Gasteiger partial charge on any atom is -0.370 e. The summed E-state index contributed by atoms with van der Waals surface area (Å²) in [6.45, 7) is 4.93. The molecule has 2 aromatic heterocycles. The monoisotopic (exact) mass is 329 g/mol. The summed E-state index contributed by atoms with van der Waals surface area (Å²) in [6, 6.07) is 3.99. The molecule has 7 heteroatoms. The summed E-state index contributed by atoms with van der Waals surface area (Å²) in [5, 5.41) is 3.97. The predicted molar refractivity (Wildman–Crippen MR) is 90.4 cm³/mol. The summed E-state index contributed by atoms with van der Waals surface area (Å²) < 4.78 is 5.30. The van der Waals surface area contributed by atoms with Crippen LogP contribution in [0.15, 0.2) is 22.9 Å². The van der Waals surface area contributed by atoms with Crippen LogP contribution < -0.4 is 10.6 Å². The number of rotatable bonds is 5. The lowest BCUT2D eigenvalue weighted by Gasteiger charge is -2.36. The van der Waals surface area contributed by atoms with E-state index in [0.717, 1.165) is 37.2 Å². The molecule has 0 saturated carbocycles. The molecule has 1 aliphatic rings. The molecule has 0 radical (unpaired) electrons. The van der Waals surface area contributed by atoms with Crippen LogP contribution in [0.3, 0.4) is 0 Å². The van der Waals surface area contributed by atoms with Gasteiger partial charge in [0.2, 0.25) is 5.91 Å². The van der Waals surface area contributed by atoms with Gasteiger partial charge in [0.15, 0.2) is 5.82 Å². The fourth-order valence-corrected chi connectivity index (χ4v) is 3.02. The molecule has 24 heavy (non-hydrogen) atoms. The lowest BCUT2D eigenvalue weighted by molar-refractivity contribution is -0.118. The first-order valence-corrected chi connectivity index (χ1v) is 8.39. The van der Waals surface area contributed by atoms with Crippen molar-refractivity contribution in [3.8, 4) is 11.5 Å². The van der Waals surface area contributed by atoms with Crippen molar-refractivity contribution in [1.82, 2.24) is 15.1 Å². The number of aromatic nitrogens is 3. The van der Waals surface area contributed by atoms with Gasteiger partial charge in [-0.3, -0.25) is 4.79 Å². The van der Waals surface area contributed by atoms with E-state index in [2.05, 4.69) is 20.0 Å². The quantitative estimate of drug-likeness (QED) is 0.905. The maximum Gasteiger partial charge on any atom is 0.259 e. The first-order valence-electron chi connectivity index (χ1n) is 8.39. The zero-order chi connectivity index (χ0) is 17.1. The van der Waals surface area contributed by atoms with E-state index < -0.39 is 0 Å². The average molecular weight is 329 g/mol. The van der Waals surface area contributed by atoms with Gasteiger partial charge in [0.25, 0.3) is 5.89 Å². The zero-order valence-corrected chi connectivity index (χ0v) is 14.1. The smallest absolute Gasteiger partial charge is 0.259 e. The van der Waals surface area contributed by atoms with E-state index >= 15 is 0 Å². The molecule has 1 saturated heterocycles. The van der Waals surface area contributed by atoms with Crippen LogP contribution in [0.4, 0.5) is 5.82 Å². The van der Waals surface area contributed by atoms with E-state index in [9.17, 15) is 4.79 Å². The predicted octanol–water partition coefficient (Wildman–Crippen LogP) is 2.49. The largest absolute Gasteiger partial charge is 0.370 e. The van der Waals surface area contributed by atoms with Gasteiger partial charge in [-0.25, -0.2) is 4.98 Å². The van der Waals surface area contributed by atoms with Crippen molar-refractivity contribution in [3.63, 3.8) is 0 Å². The van der Waals surface area contributed by atoms with Crippen molar-refractivity contribution in [1.29, 1.82) is 0 Å². The number of primary amides is 1. The molecule has 7 nitrogen and oxygen atoms in total. The molecule has 2 N–H and O–H groups in total. The fourth-order valence-electron chi connectivity index (χ4n) is 3.02. The highest BCUT2D eigenvalue weighted by atomic mass is 16.5. The Kier molecular flexibility index (Phi) is 4.78. The normalized spacial score (nSPS) is 18.1. The number of anilines is 1. The van der Waals surface area contributed by atoms with Crippen LogP contribution in [0.5, 0.6) is 0 Å². The minimum absolute atomic E-state index is 0.130. The van der Waals surface area contributed by atoms with E-state index in [1.165, 1.54) is 0 Å². The second-order valence-electron chi connectivity index (χ2n) is 6.53. The molecule has 128 valence electrons.